The van der Waals surface area contributed by atoms with E-state index in [0.717, 1.165) is 15.3 Å². The van der Waals surface area contributed by atoms with Gasteiger partial charge in [0.25, 0.3) is 0 Å². The van der Waals surface area contributed by atoms with Crippen molar-refractivity contribution in [1.82, 2.24) is 5.32 Å². The highest BCUT2D eigenvalue weighted by Crippen LogP contribution is 2.21. The number of aliphatic carboxylic acids is 1. The zero-order chi connectivity index (χ0) is 16.1. The van der Waals surface area contributed by atoms with E-state index in [-0.39, 0.29) is 18.7 Å². The molecule has 0 saturated heterocycles. The van der Waals surface area contributed by atoms with Gasteiger partial charge in [-0.25, -0.2) is 0 Å². The molecule has 1 amide bonds. The molecule has 22 heavy (non-hydrogen) atoms. The average Bonchev–Trinajstić information content (AvgIpc) is 2.83. The minimum atomic E-state index is -0.966. The predicted molar refractivity (Wildman–Crippen MR) is 87.3 cm³/mol. The maximum absolute atomic E-state index is 12.1. The van der Waals surface area contributed by atoms with Gasteiger partial charge in [-0.05, 0) is 36.8 Å². The number of carbonyl (C=O) groups is 2. The first-order valence-corrected chi connectivity index (χ1v) is 7.95. The topological polar surface area (TPSA) is 66.4 Å². The highest BCUT2D eigenvalue weighted by molar-refractivity contribution is 7.12. The molecule has 0 bridgehead atoms. The monoisotopic (exact) mass is 337 g/mol. The maximum atomic E-state index is 12.1. The summed E-state index contributed by atoms with van der Waals surface area (Å²) in [4.78, 5) is 25.2. The largest absolute Gasteiger partial charge is 0.481 e. The first-order chi connectivity index (χ1) is 10.4. The standard InChI is InChI=1S/C16H16ClNO3S/c1-10-2-7-13(22-10)8-15(19)18-14(9-16(20)21)11-3-5-12(17)6-4-11/h2-7,14H,8-9H2,1H3,(H,18,19)(H,20,21)/t14-/m0/s1. The van der Waals surface area contributed by atoms with Gasteiger partial charge in [-0.2, -0.15) is 0 Å². The zero-order valence-corrected chi connectivity index (χ0v) is 13.6. The fourth-order valence-corrected chi connectivity index (χ4v) is 3.12. The van der Waals surface area contributed by atoms with Crippen molar-refractivity contribution in [3.05, 3.63) is 56.7 Å². The van der Waals surface area contributed by atoms with Gasteiger partial charge >= 0.3 is 5.97 Å². The Morgan fingerprint density at radius 2 is 1.91 bits per heavy atom. The summed E-state index contributed by atoms with van der Waals surface area (Å²) in [5.41, 5.74) is 0.725. The van der Waals surface area contributed by atoms with Crippen molar-refractivity contribution in [2.75, 3.05) is 0 Å². The fourth-order valence-electron chi connectivity index (χ4n) is 2.11. The van der Waals surface area contributed by atoms with E-state index in [1.165, 1.54) is 0 Å². The van der Waals surface area contributed by atoms with E-state index >= 15 is 0 Å². The number of halogens is 1. The van der Waals surface area contributed by atoms with Gasteiger partial charge in [0.1, 0.15) is 0 Å². The molecular weight excluding hydrogens is 322 g/mol. The zero-order valence-electron chi connectivity index (χ0n) is 12.0. The molecule has 1 heterocycles. The minimum absolute atomic E-state index is 0.170. The van der Waals surface area contributed by atoms with E-state index in [4.69, 9.17) is 16.7 Å². The lowest BCUT2D eigenvalue weighted by atomic mass is 10.0. The number of carbonyl (C=O) groups excluding carboxylic acids is 1. The summed E-state index contributed by atoms with van der Waals surface area (Å²) in [6, 6.07) is 10.1. The van der Waals surface area contributed by atoms with Gasteiger partial charge in [-0.15, -0.1) is 11.3 Å². The van der Waals surface area contributed by atoms with Crippen LogP contribution in [0.3, 0.4) is 0 Å². The Bertz CT molecular complexity index is 666. The van der Waals surface area contributed by atoms with Crippen LogP contribution < -0.4 is 5.32 Å². The second-order valence-corrected chi connectivity index (χ2v) is 6.77. The van der Waals surface area contributed by atoms with Crippen LogP contribution in [0, 0.1) is 6.92 Å². The summed E-state index contributed by atoms with van der Waals surface area (Å²) in [5, 5.41) is 12.4. The number of carboxylic acids is 1. The van der Waals surface area contributed by atoms with Crippen molar-refractivity contribution in [3.63, 3.8) is 0 Å². The minimum Gasteiger partial charge on any atom is -0.481 e. The molecule has 6 heteroatoms. The molecule has 1 atom stereocenters. The Morgan fingerprint density at radius 3 is 2.45 bits per heavy atom. The van der Waals surface area contributed by atoms with Gasteiger partial charge in [-0.3, -0.25) is 9.59 Å². The van der Waals surface area contributed by atoms with Gasteiger partial charge in [0.05, 0.1) is 18.9 Å². The Kier molecular flexibility index (Phi) is 5.57. The van der Waals surface area contributed by atoms with Crippen LogP contribution in [-0.2, 0) is 16.0 Å². The van der Waals surface area contributed by atoms with E-state index in [2.05, 4.69) is 5.32 Å². The van der Waals surface area contributed by atoms with Crippen molar-refractivity contribution < 1.29 is 14.7 Å². The third-order valence-electron chi connectivity index (χ3n) is 3.12. The van der Waals surface area contributed by atoms with E-state index in [1.54, 1.807) is 35.6 Å². The number of aryl methyl sites for hydroxylation is 1. The van der Waals surface area contributed by atoms with Crippen molar-refractivity contribution in [3.8, 4) is 0 Å². The molecule has 0 aliphatic heterocycles. The number of rotatable bonds is 6. The maximum Gasteiger partial charge on any atom is 0.305 e. The molecule has 1 aromatic carbocycles. The Morgan fingerprint density at radius 1 is 1.23 bits per heavy atom. The summed E-state index contributed by atoms with van der Waals surface area (Å²) < 4.78 is 0. The molecule has 2 rings (SSSR count). The number of thiophene rings is 1. The normalized spacial score (nSPS) is 11.9. The van der Waals surface area contributed by atoms with Crippen molar-refractivity contribution in [1.29, 1.82) is 0 Å². The van der Waals surface area contributed by atoms with Crippen LogP contribution in [0.1, 0.15) is 27.8 Å². The Hall–Kier alpha value is -1.85. The number of nitrogens with one attached hydrogen (secondary N) is 1. The number of amides is 1. The summed E-state index contributed by atoms with van der Waals surface area (Å²) in [7, 11) is 0. The SMILES string of the molecule is Cc1ccc(CC(=O)N[C@@H](CC(=O)O)c2ccc(Cl)cc2)s1. The lowest BCUT2D eigenvalue weighted by molar-refractivity contribution is -0.137. The van der Waals surface area contributed by atoms with Crippen LogP contribution in [0.4, 0.5) is 0 Å². The average molecular weight is 338 g/mol. The summed E-state index contributed by atoms with van der Waals surface area (Å²) >= 11 is 7.40. The molecule has 0 unspecified atom stereocenters. The number of carboxylic acid groups (broad SMARTS) is 1. The van der Waals surface area contributed by atoms with E-state index in [0.29, 0.717) is 5.02 Å². The third-order valence-corrected chi connectivity index (χ3v) is 4.37. The first kappa shape index (κ1) is 16.5. The van der Waals surface area contributed by atoms with Crippen LogP contribution in [0.25, 0.3) is 0 Å². The molecule has 0 fully saturated rings. The van der Waals surface area contributed by atoms with E-state index in [1.807, 2.05) is 19.1 Å². The summed E-state index contributed by atoms with van der Waals surface area (Å²) in [6.07, 6.45) is 0.0824. The Labute approximate surface area is 137 Å². The lowest BCUT2D eigenvalue weighted by Gasteiger charge is -2.17. The van der Waals surface area contributed by atoms with Gasteiger partial charge in [0, 0.05) is 14.8 Å². The van der Waals surface area contributed by atoms with Crippen molar-refractivity contribution in [2.24, 2.45) is 0 Å². The number of hydrogen-bond acceptors (Lipinski definition) is 3. The quantitative estimate of drug-likeness (QED) is 0.846. The molecule has 4 nitrogen and oxygen atoms in total. The van der Waals surface area contributed by atoms with Crippen LogP contribution in [-0.4, -0.2) is 17.0 Å². The number of hydrogen-bond donors (Lipinski definition) is 2. The van der Waals surface area contributed by atoms with Gasteiger partial charge in [0.15, 0.2) is 0 Å². The number of benzene rings is 1. The fraction of sp³-hybridized carbons (Fsp3) is 0.250. The van der Waals surface area contributed by atoms with Crippen LogP contribution in [0.15, 0.2) is 36.4 Å². The molecule has 0 saturated carbocycles. The van der Waals surface area contributed by atoms with Crippen molar-refractivity contribution >= 4 is 34.8 Å². The molecule has 0 radical (unpaired) electrons. The molecule has 1 aromatic heterocycles. The molecule has 2 N–H and O–H groups in total. The van der Waals surface area contributed by atoms with Gasteiger partial charge in [0.2, 0.25) is 5.91 Å². The van der Waals surface area contributed by atoms with Crippen LogP contribution in [0.2, 0.25) is 5.02 Å². The molecule has 0 aliphatic rings. The third kappa shape index (κ3) is 4.86. The van der Waals surface area contributed by atoms with Crippen molar-refractivity contribution in [2.45, 2.75) is 25.8 Å². The van der Waals surface area contributed by atoms with Gasteiger partial charge < -0.3 is 10.4 Å². The second-order valence-electron chi connectivity index (χ2n) is 4.96. The van der Waals surface area contributed by atoms with Crippen LogP contribution in [0.5, 0.6) is 0 Å². The van der Waals surface area contributed by atoms with E-state index in [9.17, 15) is 9.59 Å². The molecule has 116 valence electrons. The lowest BCUT2D eigenvalue weighted by Crippen LogP contribution is -2.31. The second kappa shape index (κ2) is 7.42. The molecule has 0 spiro atoms. The summed E-state index contributed by atoms with van der Waals surface area (Å²) in [5.74, 6) is -1.16. The summed E-state index contributed by atoms with van der Waals surface area (Å²) in [6.45, 7) is 1.98. The molecular formula is C16H16ClNO3S. The van der Waals surface area contributed by atoms with Crippen LogP contribution >= 0.6 is 22.9 Å². The molecule has 0 aliphatic carbocycles. The smallest absolute Gasteiger partial charge is 0.305 e. The highest BCUT2D eigenvalue weighted by Gasteiger charge is 2.18. The predicted octanol–water partition coefficient (Wildman–Crippen LogP) is 3.58. The first-order valence-electron chi connectivity index (χ1n) is 6.76. The van der Waals surface area contributed by atoms with Gasteiger partial charge in [-0.1, -0.05) is 23.7 Å². The molecule has 2 aromatic rings. The van der Waals surface area contributed by atoms with E-state index < -0.39 is 12.0 Å². The Balaban J connectivity index is 2.07. The highest BCUT2D eigenvalue weighted by atomic mass is 35.5.